The second kappa shape index (κ2) is 7.12. The highest BCUT2D eigenvalue weighted by molar-refractivity contribution is 5.79. The van der Waals surface area contributed by atoms with Crippen LogP contribution in [0.25, 0.3) is 11.1 Å². The van der Waals surface area contributed by atoms with Crippen molar-refractivity contribution in [3.63, 3.8) is 0 Å². The predicted octanol–water partition coefficient (Wildman–Crippen LogP) is 3.19. The Morgan fingerprint density at radius 2 is 2.00 bits per heavy atom. The molecule has 134 valence electrons. The maximum absolute atomic E-state index is 13.3. The molecule has 1 saturated heterocycles. The van der Waals surface area contributed by atoms with E-state index >= 15 is 0 Å². The molecule has 0 radical (unpaired) electrons. The first kappa shape index (κ1) is 16.5. The molecule has 2 fully saturated rings. The van der Waals surface area contributed by atoms with E-state index in [4.69, 9.17) is 4.42 Å². The van der Waals surface area contributed by atoms with E-state index in [1.807, 2.05) is 4.90 Å². The fraction of sp³-hybridized carbons (Fsp3) is 0.579. The van der Waals surface area contributed by atoms with Gasteiger partial charge >= 0.3 is 0 Å². The van der Waals surface area contributed by atoms with Gasteiger partial charge in [0.1, 0.15) is 11.3 Å². The molecule has 0 atom stereocenters. The van der Waals surface area contributed by atoms with E-state index < -0.39 is 0 Å². The summed E-state index contributed by atoms with van der Waals surface area (Å²) in [6.07, 6.45) is 5.45. The van der Waals surface area contributed by atoms with E-state index in [-0.39, 0.29) is 11.7 Å². The number of oxazole rings is 1. The third-order valence-electron chi connectivity index (χ3n) is 5.36. The lowest BCUT2D eigenvalue weighted by Gasteiger charge is -2.24. The quantitative estimate of drug-likeness (QED) is 0.857. The first-order valence-corrected chi connectivity index (χ1v) is 9.25. The van der Waals surface area contributed by atoms with Crippen molar-refractivity contribution in [2.24, 2.45) is 5.92 Å². The van der Waals surface area contributed by atoms with E-state index in [0.717, 1.165) is 45.4 Å². The standard InChI is InChI=1S/C19H24FN3O2/c20-15-6-7-16-17(12-15)25-18(21-16)13-22-8-3-9-23(11-10-22)19(24)14-4-1-2-5-14/h6-7,12,14H,1-5,8-11,13H2. The summed E-state index contributed by atoms with van der Waals surface area (Å²) in [6.45, 7) is 3.95. The van der Waals surface area contributed by atoms with Gasteiger partial charge in [0.2, 0.25) is 11.8 Å². The van der Waals surface area contributed by atoms with Gasteiger partial charge in [-0.15, -0.1) is 0 Å². The van der Waals surface area contributed by atoms with Gasteiger partial charge in [0.25, 0.3) is 0 Å². The molecule has 0 N–H and O–H groups in total. The summed E-state index contributed by atoms with van der Waals surface area (Å²) in [5.41, 5.74) is 1.17. The molecule has 2 aliphatic rings. The van der Waals surface area contributed by atoms with Gasteiger partial charge in [-0.3, -0.25) is 9.69 Å². The molecule has 1 amide bonds. The van der Waals surface area contributed by atoms with Gasteiger partial charge in [0.05, 0.1) is 6.54 Å². The highest BCUT2D eigenvalue weighted by Gasteiger charge is 2.28. The Balaban J connectivity index is 1.37. The van der Waals surface area contributed by atoms with Gasteiger partial charge in [-0.2, -0.15) is 0 Å². The van der Waals surface area contributed by atoms with E-state index in [9.17, 15) is 9.18 Å². The molecule has 0 unspecified atom stereocenters. The van der Waals surface area contributed by atoms with Gasteiger partial charge in [0.15, 0.2) is 5.58 Å². The van der Waals surface area contributed by atoms with Crippen molar-refractivity contribution in [2.75, 3.05) is 26.2 Å². The lowest BCUT2D eigenvalue weighted by atomic mass is 10.1. The van der Waals surface area contributed by atoms with Crippen molar-refractivity contribution in [1.82, 2.24) is 14.8 Å². The number of fused-ring (bicyclic) bond motifs is 1. The molecule has 1 saturated carbocycles. The molecule has 4 rings (SSSR count). The zero-order valence-corrected chi connectivity index (χ0v) is 14.4. The number of aromatic nitrogens is 1. The first-order valence-electron chi connectivity index (χ1n) is 9.25. The van der Waals surface area contributed by atoms with Crippen molar-refractivity contribution in [3.05, 3.63) is 29.9 Å². The fourth-order valence-corrected chi connectivity index (χ4v) is 3.99. The van der Waals surface area contributed by atoms with E-state index in [2.05, 4.69) is 9.88 Å². The van der Waals surface area contributed by atoms with Gasteiger partial charge < -0.3 is 9.32 Å². The summed E-state index contributed by atoms with van der Waals surface area (Å²) < 4.78 is 18.9. The average molecular weight is 345 g/mol. The smallest absolute Gasteiger partial charge is 0.225 e. The van der Waals surface area contributed by atoms with Crippen LogP contribution < -0.4 is 0 Å². The summed E-state index contributed by atoms with van der Waals surface area (Å²) in [4.78, 5) is 21.4. The Morgan fingerprint density at radius 3 is 2.84 bits per heavy atom. The molecule has 25 heavy (non-hydrogen) atoms. The molecule has 0 bridgehead atoms. The van der Waals surface area contributed by atoms with Crippen LogP contribution in [0.4, 0.5) is 4.39 Å². The minimum absolute atomic E-state index is 0.249. The molecule has 0 spiro atoms. The third-order valence-corrected chi connectivity index (χ3v) is 5.36. The zero-order chi connectivity index (χ0) is 17.2. The van der Waals surface area contributed by atoms with E-state index in [0.29, 0.717) is 29.4 Å². The number of nitrogens with zero attached hydrogens (tertiary/aromatic N) is 3. The van der Waals surface area contributed by atoms with E-state index in [1.54, 1.807) is 6.07 Å². The Labute approximate surface area is 146 Å². The molecule has 6 heteroatoms. The molecule has 1 aromatic carbocycles. The van der Waals surface area contributed by atoms with E-state index in [1.165, 1.54) is 25.0 Å². The summed E-state index contributed by atoms with van der Waals surface area (Å²) in [7, 11) is 0. The third kappa shape index (κ3) is 3.68. The number of benzene rings is 1. The van der Waals surface area contributed by atoms with Gasteiger partial charge in [-0.1, -0.05) is 12.8 Å². The maximum Gasteiger partial charge on any atom is 0.225 e. The number of halogens is 1. The summed E-state index contributed by atoms with van der Waals surface area (Å²) in [6, 6.07) is 4.41. The molecule has 1 aliphatic heterocycles. The number of rotatable bonds is 3. The molecule has 1 aromatic heterocycles. The van der Waals surface area contributed by atoms with Crippen molar-refractivity contribution < 1.29 is 13.6 Å². The fourth-order valence-electron chi connectivity index (χ4n) is 3.99. The Morgan fingerprint density at radius 1 is 1.16 bits per heavy atom. The van der Waals surface area contributed by atoms with Gasteiger partial charge in [-0.05, 0) is 31.4 Å². The average Bonchev–Trinajstić information content (AvgIpc) is 3.20. The zero-order valence-electron chi connectivity index (χ0n) is 14.4. The van der Waals surface area contributed by atoms with Crippen LogP contribution in [0.2, 0.25) is 0 Å². The lowest BCUT2D eigenvalue weighted by molar-refractivity contribution is -0.135. The normalized spacial score (nSPS) is 20.3. The molecular formula is C19H24FN3O2. The largest absolute Gasteiger partial charge is 0.439 e. The van der Waals surface area contributed by atoms with Crippen LogP contribution in [0, 0.1) is 11.7 Å². The maximum atomic E-state index is 13.3. The molecule has 2 aromatic rings. The topological polar surface area (TPSA) is 49.6 Å². The van der Waals surface area contributed by atoms with Crippen molar-refractivity contribution >= 4 is 17.0 Å². The molecule has 5 nitrogen and oxygen atoms in total. The lowest BCUT2D eigenvalue weighted by Crippen LogP contribution is -2.38. The Bertz CT molecular complexity index is 754. The number of amides is 1. The van der Waals surface area contributed by atoms with Crippen LogP contribution in [-0.2, 0) is 11.3 Å². The first-order chi connectivity index (χ1) is 12.2. The second-order valence-electron chi connectivity index (χ2n) is 7.16. The molecule has 2 heterocycles. The molecular weight excluding hydrogens is 321 g/mol. The van der Waals surface area contributed by atoms with Crippen LogP contribution >= 0.6 is 0 Å². The predicted molar refractivity (Wildman–Crippen MR) is 92.4 cm³/mol. The summed E-state index contributed by atoms with van der Waals surface area (Å²) >= 11 is 0. The SMILES string of the molecule is O=C(C1CCCC1)N1CCCN(Cc2nc3ccc(F)cc3o2)CC1. The van der Waals surface area contributed by atoms with Crippen LogP contribution in [0.3, 0.4) is 0 Å². The number of carbonyl (C=O) groups excluding carboxylic acids is 1. The van der Waals surface area contributed by atoms with Gasteiger partial charge in [-0.25, -0.2) is 9.37 Å². The van der Waals surface area contributed by atoms with Crippen molar-refractivity contribution in [1.29, 1.82) is 0 Å². The minimum atomic E-state index is -0.314. The van der Waals surface area contributed by atoms with Crippen LogP contribution in [-0.4, -0.2) is 46.9 Å². The highest BCUT2D eigenvalue weighted by Crippen LogP contribution is 2.27. The van der Waals surface area contributed by atoms with Gasteiger partial charge in [0, 0.05) is 38.2 Å². The van der Waals surface area contributed by atoms with Crippen molar-refractivity contribution in [3.8, 4) is 0 Å². The monoisotopic (exact) mass is 345 g/mol. The summed E-state index contributed by atoms with van der Waals surface area (Å²) in [5.74, 6) is 0.886. The van der Waals surface area contributed by atoms with Crippen molar-refractivity contribution in [2.45, 2.75) is 38.6 Å². The minimum Gasteiger partial charge on any atom is -0.439 e. The number of hydrogen-bond donors (Lipinski definition) is 0. The van der Waals surface area contributed by atoms with Crippen LogP contribution in [0.15, 0.2) is 22.6 Å². The number of hydrogen-bond acceptors (Lipinski definition) is 4. The number of carbonyl (C=O) groups is 1. The highest BCUT2D eigenvalue weighted by atomic mass is 19.1. The van der Waals surface area contributed by atoms with Crippen LogP contribution in [0.5, 0.6) is 0 Å². The molecule has 1 aliphatic carbocycles. The Hall–Kier alpha value is -1.95. The van der Waals surface area contributed by atoms with Crippen LogP contribution in [0.1, 0.15) is 38.0 Å². The second-order valence-corrected chi connectivity index (χ2v) is 7.16. The summed E-state index contributed by atoms with van der Waals surface area (Å²) in [5, 5.41) is 0. The Kier molecular flexibility index (Phi) is 4.70.